The van der Waals surface area contributed by atoms with Gasteiger partial charge in [-0.3, -0.25) is 4.79 Å². The lowest BCUT2D eigenvalue weighted by Gasteiger charge is -2.29. The number of benzene rings is 1. The molecule has 1 aliphatic heterocycles. The molecular weight excluding hydrogens is 312 g/mol. The van der Waals surface area contributed by atoms with Crippen LogP contribution >= 0.6 is 12.4 Å². The molecule has 4 nitrogen and oxygen atoms in total. The highest BCUT2D eigenvalue weighted by Gasteiger charge is 2.21. The molecule has 1 saturated heterocycles. The number of halogens is 1. The number of nitrogens with one attached hydrogen (secondary N) is 1. The van der Waals surface area contributed by atoms with E-state index in [1.807, 2.05) is 23.1 Å². The van der Waals surface area contributed by atoms with Crippen molar-refractivity contribution in [2.24, 2.45) is 5.92 Å². The number of nitrogens with zero attached hydrogens (tertiary/aromatic N) is 1. The molecule has 0 saturated carbocycles. The van der Waals surface area contributed by atoms with Crippen LogP contribution in [0.15, 0.2) is 30.3 Å². The first-order valence-corrected chi connectivity index (χ1v) is 8.28. The van der Waals surface area contributed by atoms with Crippen LogP contribution in [0.25, 0.3) is 0 Å². The summed E-state index contributed by atoms with van der Waals surface area (Å²) < 4.78 is 5.44. The summed E-state index contributed by atoms with van der Waals surface area (Å²) in [7, 11) is 0. The van der Waals surface area contributed by atoms with Crippen LogP contribution in [0.1, 0.15) is 25.8 Å². The van der Waals surface area contributed by atoms with Crippen LogP contribution in [0.4, 0.5) is 0 Å². The fourth-order valence-electron chi connectivity index (χ4n) is 2.76. The van der Waals surface area contributed by atoms with Crippen LogP contribution in [0.5, 0.6) is 0 Å². The number of rotatable bonds is 7. The van der Waals surface area contributed by atoms with E-state index in [1.54, 1.807) is 0 Å². The second-order valence-corrected chi connectivity index (χ2v) is 6.40. The lowest BCUT2D eigenvalue weighted by Crippen LogP contribution is -2.46. The Morgan fingerprint density at radius 2 is 2.09 bits per heavy atom. The van der Waals surface area contributed by atoms with Crippen molar-refractivity contribution in [3.05, 3.63) is 35.9 Å². The van der Waals surface area contributed by atoms with E-state index in [-0.39, 0.29) is 24.4 Å². The number of carbonyl (C=O) groups is 1. The van der Waals surface area contributed by atoms with Crippen molar-refractivity contribution in [3.8, 4) is 0 Å². The third-order valence-electron chi connectivity index (χ3n) is 3.87. The van der Waals surface area contributed by atoms with Gasteiger partial charge in [-0.2, -0.15) is 0 Å². The van der Waals surface area contributed by atoms with Crippen molar-refractivity contribution in [1.82, 2.24) is 10.2 Å². The summed E-state index contributed by atoms with van der Waals surface area (Å²) in [6.07, 6.45) is 1.44. The number of hydrogen-bond acceptors (Lipinski definition) is 3. The number of carbonyl (C=O) groups excluding carboxylic acids is 1. The first-order valence-electron chi connectivity index (χ1n) is 8.28. The molecule has 0 aromatic heterocycles. The predicted octanol–water partition coefficient (Wildman–Crippen LogP) is 2.51. The minimum absolute atomic E-state index is 0. The molecule has 1 amide bonds. The first-order chi connectivity index (χ1) is 10.6. The van der Waals surface area contributed by atoms with E-state index in [4.69, 9.17) is 4.74 Å². The quantitative estimate of drug-likeness (QED) is 0.829. The van der Waals surface area contributed by atoms with Gasteiger partial charge in [-0.15, -0.1) is 12.4 Å². The van der Waals surface area contributed by atoms with Crippen molar-refractivity contribution in [2.75, 3.05) is 32.8 Å². The second kappa shape index (κ2) is 10.6. The Morgan fingerprint density at radius 3 is 2.70 bits per heavy atom. The van der Waals surface area contributed by atoms with Gasteiger partial charge in [-0.25, -0.2) is 0 Å². The van der Waals surface area contributed by atoms with E-state index >= 15 is 0 Å². The fourth-order valence-corrected chi connectivity index (χ4v) is 2.76. The van der Waals surface area contributed by atoms with E-state index in [2.05, 4.69) is 31.3 Å². The van der Waals surface area contributed by atoms with E-state index in [0.29, 0.717) is 18.9 Å². The minimum Gasteiger partial charge on any atom is -0.378 e. The second-order valence-electron chi connectivity index (χ2n) is 6.40. The molecule has 1 atom stereocenters. The molecule has 0 radical (unpaired) electrons. The summed E-state index contributed by atoms with van der Waals surface area (Å²) in [4.78, 5) is 14.6. The normalized spacial score (nSPS) is 17.6. The Labute approximate surface area is 146 Å². The number of hydrogen-bond donors (Lipinski definition) is 1. The Morgan fingerprint density at radius 1 is 1.35 bits per heavy atom. The standard InChI is InChI=1S/C18H28N2O2.ClH/c1-15(2)13-20(10-8-16-6-4-3-5-7-16)18(21)12-17-14-22-11-9-19-17;/h3-7,15,17,19H,8-14H2,1-2H3;1H. The Hall–Kier alpha value is -1.10. The average Bonchev–Trinajstić information content (AvgIpc) is 2.53. The molecule has 1 fully saturated rings. The van der Waals surface area contributed by atoms with Gasteiger partial charge in [0.1, 0.15) is 0 Å². The molecule has 0 spiro atoms. The minimum atomic E-state index is 0. The molecule has 1 aromatic carbocycles. The smallest absolute Gasteiger partial charge is 0.224 e. The van der Waals surface area contributed by atoms with Gasteiger partial charge in [0.05, 0.1) is 13.2 Å². The summed E-state index contributed by atoms with van der Waals surface area (Å²) in [6, 6.07) is 10.5. The molecule has 1 heterocycles. The fraction of sp³-hybridized carbons (Fsp3) is 0.611. The van der Waals surface area contributed by atoms with E-state index in [9.17, 15) is 4.79 Å². The zero-order valence-electron chi connectivity index (χ0n) is 14.2. The van der Waals surface area contributed by atoms with E-state index in [0.717, 1.165) is 32.7 Å². The van der Waals surface area contributed by atoms with Crippen molar-refractivity contribution >= 4 is 18.3 Å². The molecule has 1 N–H and O–H groups in total. The molecule has 5 heteroatoms. The summed E-state index contributed by atoms with van der Waals surface area (Å²) in [6.45, 7) is 8.14. The highest BCUT2D eigenvalue weighted by molar-refractivity contribution is 5.85. The summed E-state index contributed by atoms with van der Waals surface area (Å²) in [5, 5.41) is 3.36. The maximum atomic E-state index is 12.6. The number of morpholine rings is 1. The molecule has 0 aliphatic carbocycles. The van der Waals surface area contributed by atoms with Crippen LogP contribution in [0.2, 0.25) is 0 Å². The van der Waals surface area contributed by atoms with Gasteiger partial charge < -0.3 is 15.0 Å². The molecule has 2 rings (SSSR count). The van der Waals surface area contributed by atoms with Crippen molar-refractivity contribution in [1.29, 1.82) is 0 Å². The van der Waals surface area contributed by atoms with E-state index < -0.39 is 0 Å². The Kier molecular flexibility index (Phi) is 9.22. The van der Waals surface area contributed by atoms with Crippen molar-refractivity contribution in [3.63, 3.8) is 0 Å². The lowest BCUT2D eigenvalue weighted by molar-refractivity contribution is -0.133. The van der Waals surface area contributed by atoms with Crippen LogP contribution in [0, 0.1) is 5.92 Å². The molecule has 0 bridgehead atoms. The highest BCUT2D eigenvalue weighted by atomic mass is 35.5. The third kappa shape index (κ3) is 7.34. The van der Waals surface area contributed by atoms with Gasteiger partial charge in [-0.1, -0.05) is 44.2 Å². The SMILES string of the molecule is CC(C)CN(CCc1ccccc1)C(=O)CC1COCCN1.Cl. The topological polar surface area (TPSA) is 41.6 Å². The number of ether oxygens (including phenoxy) is 1. The van der Waals surface area contributed by atoms with Gasteiger partial charge in [0.15, 0.2) is 0 Å². The van der Waals surface area contributed by atoms with Crippen molar-refractivity contribution < 1.29 is 9.53 Å². The van der Waals surface area contributed by atoms with Crippen LogP contribution in [-0.4, -0.2) is 49.7 Å². The zero-order chi connectivity index (χ0) is 15.8. The average molecular weight is 341 g/mol. The monoisotopic (exact) mass is 340 g/mol. The van der Waals surface area contributed by atoms with E-state index in [1.165, 1.54) is 5.56 Å². The molecule has 23 heavy (non-hydrogen) atoms. The van der Waals surface area contributed by atoms with Gasteiger partial charge in [0.25, 0.3) is 0 Å². The summed E-state index contributed by atoms with van der Waals surface area (Å²) in [5.41, 5.74) is 1.28. The van der Waals surface area contributed by atoms with Gasteiger partial charge in [0, 0.05) is 32.1 Å². The maximum absolute atomic E-state index is 12.6. The molecule has 1 aromatic rings. The van der Waals surface area contributed by atoms with Crippen LogP contribution in [-0.2, 0) is 16.0 Å². The lowest BCUT2D eigenvalue weighted by atomic mass is 10.1. The number of amides is 1. The van der Waals surface area contributed by atoms with Gasteiger partial charge >= 0.3 is 0 Å². The molecule has 1 unspecified atom stereocenters. The maximum Gasteiger partial charge on any atom is 0.224 e. The Balaban J connectivity index is 0.00000264. The molecule has 1 aliphatic rings. The predicted molar refractivity (Wildman–Crippen MR) is 96.0 cm³/mol. The third-order valence-corrected chi connectivity index (χ3v) is 3.87. The van der Waals surface area contributed by atoms with Gasteiger partial charge in [0.2, 0.25) is 5.91 Å². The van der Waals surface area contributed by atoms with Gasteiger partial charge in [-0.05, 0) is 17.9 Å². The zero-order valence-corrected chi connectivity index (χ0v) is 15.0. The molecule has 130 valence electrons. The van der Waals surface area contributed by atoms with Crippen LogP contribution < -0.4 is 5.32 Å². The van der Waals surface area contributed by atoms with Crippen molar-refractivity contribution in [2.45, 2.75) is 32.7 Å². The largest absolute Gasteiger partial charge is 0.378 e. The molecular formula is C18H29ClN2O2. The Bertz CT molecular complexity index is 448. The first kappa shape index (κ1) is 19.9. The summed E-state index contributed by atoms with van der Waals surface area (Å²) >= 11 is 0. The van der Waals surface area contributed by atoms with Crippen LogP contribution in [0.3, 0.4) is 0 Å². The summed E-state index contributed by atoms with van der Waals surface area (Å²) in [5.74, 6) is 0.711. The highest BCUT2D eigenvalue weighted by Crippen LogP contribution is 2.08.